The van der Waals surface area contributed by atoms with E-state index in [1.165, 1.54) is 4.88 Å². The predicted molar refractivity (Wildman–Crippen MR) is 100 cm³/mol. The number of hydrogen-bond acceptors (Lipinski definition) is 4. The first kappa shape index (κ1) is 17.2. The lowest BCUT2D eigenvalue weighted by Crippen LogP contribution is -2.38. The van der Waals surface area contributed by atoms with Crippen molar-refractivity contribution >= 4 is 17.3 Å². The lowest BCUT2D eigenvalue weighted by atomic mass is 10.4. The Morgan fingerprint density at radius 3 is 2.72 bits per heavy atom. The van der Waals surface area contributed by atoms with Crippen molar-refractivity contribution in [3.63, 3.8) is 0 Å². The number of nitrogens with zero attached hydrogens (tertiary/aromatic N) is 5. The smallest absolute Gasteiger partial charge is 0.192 e. The van der Waals surface area contributed by atoms with Crippen LogP contribution in [0.4, 0.5) is 0 Å². The second kappa shape index (κ2) is 8.48. The van der Waals surface area contributed by atoms with Gasteiger partial charge in [0.2, 0.25) is 0 Å². The maximum Gasteiger partial charge on any atom is 0.192 e. The van der Waals surface area contributed by atoms with Gasteiger partial charge in [-0.1, -0.05) is 6.07 Å². The van der Waals surface area contributed by atoms with Gasteiger partial charge in [0, 0.05) is 37.4 Å². The Labute approximate surface area is 151 Å². The van der Waals surface area contributed by atoms with Crippen LogP contribution in [0.1, 0.15) is 16.5 Å². The average molecular weight is 357 g/mol. The second-order valence-corrected chi connectivity index (χ2v) is 6.70. The number of nitrogens with one attached hydrogen (secondary N) is 2. The van der Waals surface area contributed by atoms with Crippen molar-refractivity contribution < 1.29 is 0 Å². The summed E-state index contributed by atoms with van der Waals surface area (Å²) in [5, 5.41) is 17.1. The first-order chi connectivity index (χ1) is 12.2. The van der Waals surface area contributed by atoms with E-state index < -0.39 is 0 Å². The molecule has 0 unspecified atom stereocenters. The molecule has 0 aliphatic heterocycles. The van der Waals surface area contributed by atoms with Crippen LogP contribution in [-0.2, 0) is 26.7 Å². The molecular formula is C17H23N7S. The molecule has 0 aliphatic rings. The molecule has 3 heterocycles. The fourth-order valence-electron chi connectivity index (χ4n) is 2.32. The highest BCUT2D eigenvalue weighted by atomic mass is 32.1. The molecule has 3 rings (SSSR count). The molecule has 0 atom stereocenters. The van der Waals surface area contributed by atoms with Crippen LogP contribution < -0.4 is 10.6 Å². The summed E-state index contributed by atoms with van der Waals surface area (Å²) in [6, 6.07) is 8.22. The standard InChI is InChI=1S/C17H23N7S/c1-14-21-22-16(23(14)2)13-20-17(19-12-15-6-5-11-25-15)18-7-10-24-8-3-4-9-24/h3-6,8-9,11H,7,10,12-13H2,1-2H3,(H2,18,19,20). The van der Waals surface area contributed by atoms with Crippen LogP contribution in [0.2, 0.25) is 0 Å². The van der Waals surface area contributed by atoms with E-state index >= 15 is 0 Å². The van der Waals surface area contributed by atoms with Crippen LogP contribution in [0.5, 0.6) is 0 Å². The second-order valence-electron chi connectivity index (χ2n) is 5.67. The largest absolute Gasteiger partial charge is 0.355 e. The molecule has 0 amide bonds. The normalized spacial score (nSPS) is 11.7. The number of thiophene rings is 1. The van der Waals surface area contributed by atoms with Gasteiger partial charge in [0.15, 0.2) is 11.8 Å². The molecule has 132 valence electrons. The third-order valence-corrected chi connectivity index (χ3v) is 4.78. The highest BCUT2D eigenvalue weighted by Crippen LogP contribution is 2.07. The third-order valence-electron chi connectivity index (χ3n) is 3.90. The van der Waals surface area contributed by atoms with Gasteiger partial charge in [0.1, 0.15) is 12.4 Å². The van der Waals surface area contributed by atoms with E-state index in [1.54, 1.807) is 11.3 Å². The van der Waals surface area contributed by atoms with Gasteiger partial charge in [-0.05, 0) is 30.5 Å². The third kappa shape index (κ3) is 4.93. The van der Waals surface area contributed by atoms with Crippen molar-refractivity contribution in [1.29, 1.82) is 0 Å². The van der Waals surface area contributed by atoms with Gasteiger partial charge in [-0.15, -0.1) is 21.5 Å². The van der Waals surface area contributed by atoms with Crippen LogP contribution in [0, 0.1) is 6.92 Å². The molecule has 0 bridgehead atoms. The summed E-state index contributed by atoms with van der Waals surface area (Å²) in [6.07, 6.45) is 4.11. The van der Waals surface area contributed by atoms with E-state index in [1.807, 2.05) is 30.7 Å². The van der Waals surface area contributed by atoms with E-state index in [0.717, 1.165) is 37.2 Å². The van der Waals surface area contributed by atoms with Gasteiger partial charge in [0.05, 0.1) is 6.54 Å². The zero-order valence-electron chi connectivity index (χ0n) is 14.5. The first-order valence-electron chi connectivity index (χ1n) is 8.22. The monoisotopic (exact) mass is 357 g/mol. The van der Waals surface area contributed by atoms with Gasteiger partial charge in [-0.25, -0.2) is 4.99 Å². The van der Waals surface area contributed by atoms with Crippen LogP contribution >= 0.6 is 11.3 Å². The van der Waals surface area contributed by atoms with Crippen molar-refractivity contribution in [1.82, 2.24) is 30.0 Å². The molecule has 0 fully saturated rings. The maximum absolute atomic E-state index is 4.65. The minimum absolute atomic E-state index is 0.487. The topological polar surface area (TPSA) is 72.1 Å². The molecule has 0 saturated carbocycles. The van der Waals surface area contributed by atoms with Crippen molar-refractivity contribution in [2.75, 3.05) is 6.54 Å². The Morgan fingerprint density at radius 2 is 2.04 bits per heavy atom. The van der Waals surface area contributed by atoms with E-state index in [9.17, 15) is 0 Å². The zero-order valence-corrected chi connectivity index (χ0v) is 15.3. The molecule has 3 aromatic heterocycles. The number of aromatic nitrogens is 4. The molecule has 8 heteroatoms. The van der Waals surface area contributed by atoms with E-state index in [2.05, 4.69) is 60.3 Å². The van der Waals surface area contributed by atoms with Crippen molar-refractivity contribution in [3.8, 4) is 0 Å². The molecular weight excluding hydrogens is 334 g/mol. The number of aryl methyl sites for hydroxylation is 1. The molecule has 0 spiro atoms. The summed E-state index contributed by atoms with van der Waals surface area (Å²) < 4.78 is 4.09. The van der Waals surface area contributed by atoms with Gasteiger partial charge >= 0.3 is 0 Å². The fraction of sp³-hybridized carbons (Fsp3) is 0.353. The van der Waals surface area contributed by atoms with Gasteiger partial charge in [-0.2, -0.15) is 0 Å². The predicted octanol–water partition coefficient (Wildman–Crippen LogP) is 1.92. The highest BCUT2D eigenvalue weighted by Gasteiger charge is 2.05. The van der Waals surface area contributed by atoms with Crippen molar-refractivity contribution in [3.05, 3.63) is 58.6 Å². The minimum Gasteiger partial charge on any atom is -0.355 e. The Balaban J connectivity index is 1.59. The van der Waals surface area contributed by atoms with Gasteiger partial charge in [-0.3, -0.25) is 0 Å². The summed E-state index contributed by atoms with van der Waals surface area (Å²) in [6.45, 7) is 4.86. The lowest BCUT2D eigenvalue weighted by Gasteiger charge is -2.12. The summed E-state index contributed by atoms with van der Waals surface area (Å²) in [7, 11) is 1.96. The fourth-order valence-corrected chi connectivity index (χ4v) is 2.96. The Morgan fingerprint density at radius 1 is 1.20 bits per heavy atom. The van der Waals surface area contributed by atoms with E-state index in [4.69, 9.17) is 0 Å². The molecule has 3 aromatic rings. The summed E-state index contributed by atoms with van der Waals surface area (Å²) in [4.78, 5) is 5.93. The molecule has 0 saturated heterocycles. The van der Waals surface area contributed by atoms with E-state index in [0.29, 0.717) is 6.54 Å². The molecule has 25 heavy (non-hydrogen) atoms. The molecule has 0 radical (unpaired) electrons. The van der Waals surface area contributed by atoms with Crippen molar-refractivity contribution in [2.45, 2.75) is 26.6 Å². The lowest BCUT2D eigenvalue weighted by molar-refractivity contribution is 0.662. The van der Waals surface area contributed by atoms with Gasteiger partial charge < -0.3 is 19.8 Å². The number of rotatable bonds is 7. The molecule has 7 nitrogen and oxygen atoms in total. The summed E-state index contributed by atoms with van der Waals surface area (Å²) in [5.41, 5.74) is 0. The Bertz CT molecular complexity index is 787. The summed E-state index contributed by atoms with van der Waals surface area (Å²) in [5.74, 6) is 2.51. The van der Waals surface area contributed by atoms with Crippen LogP contribution in [0.15, 0.2) is 47.0 Å². The molecule has 2 N–H and O–H groups in total. The zero-order chi connectivity index (χ0) is 17.5. The number of hydrogen-bond donors (Lipinski definition) is 2. The Hall–Kier alpha value is -2.61. The SMILES string of the molecule is Cc1nnc(CN=C(NCCn2cccc2)NCc2cccs2)n1C. The quantitative estimate of drug-likeness (QED) is 0.501. The van der Waals surface area contributed by atoms with E-state index in [-0.39, 0.29) is 0 Å². The number of aliphatic imine (C=N–C) groups is 1. The first-order valence-corrected chi connectivity index (χ1v) is 9.10. The van der Waals surface area contributed by atoms with Crippen LogP contribution in [0.25, 0.3) is 0 Å². The highest BCUT2D eigenvalue weighted by molar-refractivity contribution is 7.09. The van der Waals surface area contributed by atoms with Crippen molar-refractivity contribution in [2.24, 2.45) is 12.0 Å². The number of guanidine groups is 1. The minimum atomic E-state index is 0.487. The Kier molecular flexibility index (Phi) is 5.84. The van der Waals surface area contributed by atoms with Crippen LogP contribution in [0.3, 0.4) is 0 Å². The molecule has 0 aliphatic carbocycles. The molecule has 0 aromatic carbocycles. The maximum atomic E-state index is 4.65. The summed E-state index contributed by atoms with van der Waals surface area (Å²) >= 11 is 1.73. The average Bonchev–Trinajstić information content (AvgIpc) is 3.36. The van der Waals surface area contributed by atoms with Crippen LogP contribution in [-0.4, -0.2) is 31.8 Å². The van der Waals surface area contributed by atoms with Gasteiger partial charge in [0.25, 0.3) is 0 Å².